The molecule has 24 heavy (non-hydrogen) atoms. The van der Waals surface area contributed by atoms with Crippen LogP contribution in [-0.2, 0) is 15.1 Å². The summed E-state index contributed by atoms with van der Waals surface area (Å²) in [5, 5.41) is 4.27. The highest BCUT2D eigenvalue weighted by Gasteiger charge is 2.43. The first-order valence-electron chi connectivity index (χ1n) is 9.52. The maximum Gasteiger partial charge on any atom is 0.258 e. The van der Waals surface area contributed by atoms with E-state index in [4.69, 9.17) is 19.0 Å². The van der Waals surface area contributed by atoms with Gasteiger partial charge in [0.25, 0.3) is 5.89 Å². The fourth-order valence-corrected chi connectivity index (χ4v) is 4.57. The normalized spacial score (nSPS) is 26.9. The van der Waals surface area contributed by atoms with Crippen molar-refractivity contribution in [2.45, 2.75) is 68.9 Å². The lowest BCUT2D eigenvalue weighted by Gasteiger charge is -2.40. The Morgan fingerprint density at radius 2 is 1.79 bits per heavy atom. The fraction of sp³-hybridized carbons (Fsp3) is 0.889. The van der Waals surface area contributed by atoms with Gasteiger partial charge >= 0.3 is 0 Å². The van der Waals surface area contributed by atoms with Crippen molar-refractivity contribution in [3.8, 4) is 0 Å². The van der Waals surface area contributed by atoms with Crippen LogP contribution in [0.1, 0.15) is 69.0 Å². The standard InChI is InChI=1S/C18H29N3O3/c1-22-18(8-10-21(11-9-18)15-4-2-3-5-15)17-19-16(20-24-17)14-6-12-23-13-7-14/h14-15H,2-13H2,1H3. The second-order valence-corrected chi connectivity index (χ2v) is 7.52. The minimum Gasteiger partial charge on any atom is -0.381 e. The highest BCUT2D eigenvalue weighted by atomic mass is 16.5. The molecule has 0 N–H and O–H groups in total. The monoisotopic (exact) mass is 335 g/mol. The number of aromatic nitrogens is 2. The molecule has 0 aromatic carbocycles. The van der Waals surface area contributed by atoms with E-state index in [0.717, 1.165) is 63.9 Å². The topological polar surface area (TPSA) is 60.6 Å². The molecule has 4 rings (SSSR count). The van der Waals surface area contributed by atoms with Crippen molar-refractivity contribution < 1.29 is 14.0 Å². The van der Waals surface area contributed by atoms with Crippen LogP contribution in [0.3, 0.4) is 0 Å². The van der Waals surface area contributed by atoms with Gasteiger partial charge in [-0.2, -0.15) is 4.98 Å². The zero-order valence-corrected chi connectivity index (χ0v) is 14.7. The van der Waals surface area contributed by atoms with Crippen LogP contribution < -0.4 is 0 Å². The van der Waals surface area contributed by atoms with E-state index in [1.54, 1.807) is 7.11 Å². The number of ether oxygens (including phenoxy) is 2. The van der Waals surface area contributed by atoms with Crippen LogP contribution in [0, 0.1) is 0 Å². The molecule has 0 spiro atoms. The summed E-state index contributed by atoms with van der Waals surface area (Å²) < 4.78 is 17.0. The summed E-state index contributed by atoms with van der Waals surface area (Å²) in [5.74, 6) is 1.88. The van der Waals surface area contributed by atoms with Gasteiger partial charge in [-0.3, -0.25) is 0 Å². The summed E-state index contributed by atoms with van der Waals surface area (Å²) >= 11 is 0. The van der Waals surface area contributed by atoms with E-state index in [1.807, 2.05) is 0 Å². The predicted octanol–water partition coefficient (Wildman–Crippen LogP) is 2.84. The average Bonchev–Trinajstić information content (AvgIpc) is 3.35. The molecule has 3 aliphatic rings. The van der Waals surface area contributed by atoms with Crippen molar-refractivity contribution in [1.29, 1.82) is 0 Å². The van der Waals surface area contributed by atoms with E-state index < -0.39 is 5.60 Å². The number of hydrogen-bond acceptors (Lipinski definition) is 6. The molecule has 0 bridgehead atoms. The van der Waals surface area contributed by atoms with Crippen molar-refractivity contribution >= 4 is 0 Å². The van der Waals surface area contributed by atoms with Crippen LogP contribution >= 0.6 is 0 Å². The van der Waals surface area contributed by atoms with Gasteiger partial charge in [-0.25, -0.2) is 0 Å². The fourth-order valence-electron chi connectivity index (χ4n) is 4.57. The van der Waals surface area contributed by atoms with Gasteiger partial charge in [-0.1, -0.05) is 18.0 Å². The maximum absolute atomic E-state index is 5.93. The second kappa shape index (κ2) is 7.10. The average molecular weight is 335 g/mol. The third-order valence-electron chi connectivity index (χ3n) is 6.26. The van der Waals surface area contributed by atoms with Crippen LogP contribution in [0.2, 0.25) is 0 Å². The summed E-state index contributed by atoms with van der Waals surface area (Å²) in [5.41, 5.74) is -0.397. The predicted molar refractivity (Wildman–Crippen MR) is 88.8 cm³/mol. The third kappa shape index (κ3) is 3.11. The zero-order valence-electron chi connectivity index (χ0n) is 14.7. The first kappa shape index (κ1) is 16.5. The quantitative estimate of drug-likeness (QED) is 0.843. The van der Waals surface area contributed by atoms with Crippen LogP contribution in [0.25, 0.3) is 0 Å². The van der Waals surface area contributed by atoms with Crippen LogP contribution in [-0.4, -0.2) is 54.5 Å². The molecule has 6 nitrogen and oxygen atoms in total. The number of hydrogen-bond donors (Lipinski definition) is 0. The molecule has 6 heteroatoms. The molecule has 1 saturated carbocycles. The summed E-state index contributed by atoms with van der Waals surface area (Å²) in [6, 6.07) is 0.778. The highest BCUT2D eigenvalue weighted by Crippen LogP contribution is 2.38. The number of methoxy groups -OCH3 is 1. The Hall–Kier alpha value is -0.980. The summed E-state index contributed by atoms with van der Waals surface area (Å²) in [6.45, 7) is 3.71. The van der Waals surface area contributed by atoms with Gasteiger partial charge in [0.2, 0.25) is 0 Å². The van der Waals surface area contributed by atoms with E-state index in [9.17, 15) is 0 Å². The summed E-state index contributed by atoms with van der Waals surface area (Å²) in [4.78, 5) is 7.39. The lowest BCUT2D eigenvalue weighted by Crippen LogP contribution is -2.47. The van der Waals surface area contributed by atoms with Gasteiger partial charge < -0.3 is 18.9 Å². The van der Waals surface area contributed by atoms with Crippen molar-refractivity contribution in [2.75, 3.05) is 33.4 Å². The number of likely N-dealkylation sites (tertiary alicyclic amines) is 1. The first-order chi connectivity index (χ1) is 11.8. The molecule has 134 valence electrons. The smallest absolute Gasteiger partial charge is 0.258 e. The Balaban J connectivity index is 1.44. The molecule has 1 aliphatic carbocycles. The Morgan fingerprint density at radius 3 is 2.46 bits per heavy atom. The first-order valence-corrected chi connectivity index (χ1v) is 9.52. The molecule has 3 fully saturated rings. The van der Waals surface area contributed by atoms with Gasteiger partial charge in [0.1, 0.15) is 5.60 Å². The van der Waals surface area contributed by atoms with E-state index in [1.165, 1.54) is 25.7 Å². The van der Waals surface area contributed by atoms with Gasteiger partial charge in [0.15, 0.2) is 5.82 Å². The van der Waals surface area contributed by atoms with Crippen molar-refractivity contribution in [3.63, 3.8) is 0 Å². The van der Waals surface area contributed by atoms with E-state index >= 15 is 0 Å². The molecular weight excluding hydrogens is 306 g/mol. The molecule has 0 unspecified atom stereocenters. The second-order valence-electron chi connectivity index (χ2n) is 7.52. The molecule has 3 heterocycles. The molecular formula is C18H29N3O3. The zero-order chi connectivity index (χ0) is 16.4. The minimum atomic E-state index is -0.397. The molecule has 1 aromatic heterocycles. The molecule has 0 amide bonds. The molecule has 2 saturated heterocycles. The molecule has 0 radical (unpaired) electrons. The Kier molecular flexibility index (Phi) is 4.88. The summed E-state index contributed by atoms with van der Waals surface area (Å²) in [7, 11) is 1.78. The van der Waals surface area contributed by atoms with Crippen molar-refractivity contribution in [3.05, 3.63) is 11.7 Å². The number of rotatable bonds is 4. The van der Waals surface area contributed by atoms with Gasteiger partial charge in [0, 0.05) is 45.4 Å². The Labute approximate surface area is 143 Å². The molecule has 0 atom stereocenters. The largest absolute Gasteiger partial charge is 0.381 e. The van der Waals surface area contributed by atoms with Gasteiger partial charge in [-0.15, -0.1) is 0 Å². The SMILES string of the molecule is COC1(c2nc(C3CCOCC3)no2)CCN(C2CCCC2)CC1. The Bertz CT molecular complexity index is 527. The molecule has 1 aromatic rings. The minimum absolute atomic E-state index is 0.365. The number of nitrogens with zero attached hydrogens (tertiary/aromatic N) is 3. The van der Waals surface area contributed by atoms with E-state index in [-0.39, 0.29) is 0 Å². The molecule has 2 aliphatic heterocycles. The lowest BCUT2D eigenvalue weighted by atomic mass is 9.89. The Morgan fingerprint density at radius 1 is 1.08 bits per heavy atom. The van der Waals surface area contributed by atoms with Crippen molar-refractivity contribution in [2.24, 2.45) is 0 Å². The third-order valence-corrected chi connectivity index (χ3v) is 6.26. The van der Waals surface area contributed by atoms with Gasteiger partial charge in [0.05, 0.1) is 0 Å². The maximum atomic E-state index is 5.93. The van der Waals surface area contributed by atoms with E-state index in [0.29, 0.717) is 11.8 Å². The van der Waals surface area contributed by atoms with Gasteiger partial charge in [-0.05, 0) is 38.5 Å². The van der Waals surface area contributed by atoms with Crippen molar-refractivity contribution in [1.82, 2.24) is 15.0 Å². The van der Waals surface area contributed by atoms with Crippen LogP contribution in [0.15, 0.2) is 4.52 Å². The lowest BCUT2D eigenvalue weighted by molar-refractivity contribution is -0.0879. The van der Waals surface area contributed by atoms with Crippen LogP contribution in [0.4, 0.5) is 0 Å². The number of piperidine rings is 1. The van der Waals surface area contributed by atoms with E-state index in [2.05, 4.69) is 10.1 Å². The summed E-state index contributed by atoms with van der Waals surface area (Å²) in [6.07, 6.45) is 9.32. The van der Waals surface area contributed by atoms with Crippen LogP contribution in [0.5, 0.6) is 0 Å². The highest BCUT2D eigenvalue weighted by molar-refractivity contribution is 5.06.